The van der Waals surface area contributed by atoms with E-state index in [2.05, 4.69) is 35.5 Å². The van der Waals surface area contributed by atoms with Crippen LogP contribution >= 0.6 is 0 Å². The minimum Gasteiger partial charge on any atom is -0.496 e. The summed E-state index contributed by atoms with van der Waals surface area (Å²) in [5.41, 5.74) is 3.88. The minimum absolute atomic E-state index is 0.224. The Balaban J connectivity index is 2.09. The lowest BCUT2D eigenvalue weighted by Gasteiger charge is -2.24. The largest absolute Gasteiger partial charge is 0.496 e. The number of hydrogen-bond acceptors (Lipinski definition) is 6. The number of rotatable bonds is 7. The van der Waals surface area contributed by atoms with Crippen LogP contribution in [0, 0.1) is 0 Å². The Morgan fingerprint density at radius 3 is 2.26 bits per heavy atom. The van der Waals surface area contributed by atoms with Gasteiger partial charge in [-0.2, -0.15) is 0 Å². The summed E-state index contributed by atoms with van der Waals surface area (Å²) in [5.74, 6) is 1.21. The minimum atomic E-state index is -3.34. The summed E-state index contributed by atoms with van der Waals surface area (Å²) >= 11 is 0. The van der Waals surface area contributed by atoms with Crippen molar-refractivity contribution in [1.82, 2.24) is 9.97 Å². The van der Waals surface area contributed by atoms with Crippen LogP contribution in [0.5, 0.6) is 5.75 Å². The molecule has 186 valence electrons. The van der Waals surface area contributed by atoms with Crippen molar-refractivity contribution in [2.75, 3.05) is 37.1 Å². The van der Waals surface area contributed by atoms with Crippen molar-refractivity contribution >= 4 is 33.8 Å². The van der Waals surface area contributed by atoms with Crippen molar-refractivity contribution in [3.8, 4) is 16.9 Å². The van der Waals surface area contributed by atoms with E-state index in [9.17, 15) is 13.2 Å². The van der Waals surface area contributed by atoms with E-state index in [0.29, 0.717) is 17.2 Å². The van der Waals surface area contributed by atoms with E-state index in [1.54, 1.807) is 30.3 Å². The molecule has 0 unspecified atom stereocenters. The number of methoxy groups -OCH3 is 1. The van der Waals surface area contributed by atoms with Crippen molar-refractivity contribution < 1.29 is 13.2 Å². The number of H-pyrrole nitrogens is 1. The monoisotopic (exact) mass is 496 g/mol. The highest BCUT2D eigenvalue weighted by Gasteiger charge is 2.23. The van der Waals surface area contributed by atoms with Gasteiger partial charge in [-0.15, -0.1) is 0 Å². The SMILES string of the molecule is COc1c(/C=C/c2ccc(NS(C)(=O)=O)cc2)cc(-c2cnc(N(C)C)[nH]c2=O)cc1C(C)(C)C. The zero-order valence-corrected chi connectivity index (χ0v) is 21.9. The fourth-order valence-corrected chi connectivity index (χ4v) is 4.16. The highest BCUT2D eigenvalue weighted by molar-refractivity contribution is 7.92. The van der Waals surface area contributed by atoms with Crippen molar-refractivity contribution in [3.05, 3.63) is 69.6 Å². The predicted molar refractivity (Wildman–Crippen MR) is 144 cm³/mol. The van der Waals surface area contributed by atoms with E-state index >= 15 is 0 Å². The van der Waals surface area contributed by atoms with Gasteiger partial charge in [-0.05, 0) is 40.8 Å². The quantitative estimate of drug-likeness (QED) is 0.471. The standard InChI is InChI=1S/C26H32N4O4S/c1-26(2,3)22-15-19(21-16-27-25(30(4)5)28-24(21)31)14-18(23(22)34-6)11-8-17-9-12-20(13-10-17)29-35(7,32)33/h8-16,29H,1-7H3,(H,27,28,31)/b11-8+. The van der Waals surface area contributed by atoms with Gasteiger partial charge in [-0.3, -0.25) is 14.5 Å². The van der Waals surface area contributed by atoms with E-state index in [1.807, 2.05) is 50.5 Å². The number of benzene rings is 2. The third-order valence-corrected chi connectivity index (χ3v) is 5.93. The van der Waals surface area contributed by atoms with Crippen LogP contribution in [0.15, 0.2) is 47.4 Å². The van der Waals surface area contributed by atoms with Crippen LogP contribution in [-0.2, 0) is 15.4 Å². The number of aromatic amines is 1. The van der Waals surface area contributed by atoms with Gasteiger partial charge in [0.2, 0.25) is 16.0 Å². The topological polar surface area (TPSA) is 104 Å². The smallest absolute Gasteiger partial charge is 0.260 e. The van der Waals surface area contributed by atoms with Gasteiger partial charge in [0.1, 0.15) is 5.75 Å². The predicted octanol–water partition coefficient (Wildman–Crippen LogP) is 4.35. The highest BCUT2D eigenvalue weighted by Crippen LogP contribution is 2.38. The van der Waals surface area contributed by atoms with Gasteiger partial charge >= 0.3 is 0 Å². The molecule has 0 radical (unpaired) electrons. The van der Waals surface area contributed by atoms with Crippen LogP contribution in [-0.4, -0.2) is 45.8 Å². The molecule has 0 fully saturated rings. The number of nitrogens with one attached hydrogen (secondary N) is 2. The molecule has 0 spiro atoms. The molecular weight excluding hydrogens is 464 g/mol. The first-order valence-electron chi connectivity index (χ1n) is 11.0. The maximum Gasteiger partial charge on any atom is 0.260 e. The van der Waals surface area contributed by atoms with Crippen LogP contribution in [0.3, 0.4) is 0 Å². The van der Waals surface area contributed by atoms with Crippen molar-refractivity contribution in [2.24, 2.45) is 0 Å². The highest BCUT2D eigenvalue weighted by atomic mass is 32.2. The summed E-state index contributed by atoms with van der Waals surface area (Å²) in [4.78, 5) is 21.8. The Hall–Kier alpha value is -3.59. The number of sulfonamides is 1. The van der Waals surface area contributed by atoms with Crippen LogP contribution < -0.4 is 19.9 Å². The molecule has 8 nitrogen and oxygen atoms in total. The fraction of sp³-hybridized carbons (Fsp3) is 0.308. The van der Waals surface area contributed by atoms with E-state index in [4.69, 9.17) is 4.74 Å². The molecule has 2 N–H and O–H groups in total. The van der Waals surface area contributed by atoms with E-state index in [-0.39, 0.29) is 11.0 Å². The molecule has 1 aromatic heterocycles. The molecular formula is C26H32N4O4S. The van der Waals surface area contributed by atoms with Gasteiger partial charge in [0.15, 0.2) is 0 Å². The first-order chi connectivity index (χ1) is 16.3. The average molecular weight is 497 g/mol. The van der Waals surface area contributed by atoms with Crippen LogP contribution in [0.2, 0.25) is 0 Å². The Morgan fingerprint density at radius 1 is 1.09 bits per heavy atom. The second-order valence-electron chi connectivity index (χ2n) is 9.57. The van der Waals surface area contributed by atoms with Gasteiger partial charge in [0.25, 0.3) is 5.56 Å². The normalized spacial score (nSPS) is 12.1. The molecule has 3 aromatic rings. The molecule has 3 rings (SSSR count). The number of ether oxygens (including phenoxy) is 1. The molecule has 0 aliphatic carbocycles. The third kappa shape index (κ3) is 6.51. The zero-order valence-electron chi connectivity index (χ0n) is 21.1. The summed E-state index contributed by atoms with van der Waals surface area (Å²) < 4.78 is 31.1. The maximum absolute atomic E-state index is 12.9. The second kappa shape index (κ2) is 9.95. The molecule has 0 bridgehead atoms. The van der Waals surface area contributed by atoms with Crippen LogP contribution in [0.25, 0.3) is 23.3 Å². The van der Waals surface area contributed by atoms with Gasteiger partial charge in [0, 0.05) is 37.1 Å². The Bertz CT molecular complexity index is 1400. The third-order valence-electron chi connectivity index (χ3n) is 5.32. The lowest BCUT2D eigenvalue weighted by molar-refractivity contribution is 0.397. The zero-order chi connectivity index (χ0) is 26.0. The molecule has 0 atom stereocenters. The van der Waals surface area contributed by atoms with Crippen LogP contribution in [0.4, 0.5) is 11.6 Å². The summed E-state index contributed by atoms with van der Waals surface area (Å²) in [6.45, 7) is 6.27. The van der Waals surface area contributed by atoms with Crippen LogP contribution in [0.1, 0.15) is 37.5 Å². The van der Waals surface area contributed by atoms with Gasteiger partial charge in [0.05, 0.1) is 18.9 Å². The maximum atomic E-state index is 12.9. The number of nitrogens with zero attached hydrogens (tertiary/aromatic N) is 2. The molecule has 35 heavy (non-hydrogen) atoms. The summed E-state index contributed by atoms with van der Waals surface area (Å²) in [5, 5.41) is 0. The summed E-state index contributed by atoms with van der Waals surface area (Å²) in [6, 6.07) is 10.9. The lowest BCUT2D eigenvalue weighted by atomic mass is 9.83. The molecule has 2 aromatic carbocycles. The Kier molecular flexibility index (Phi) is 7.40. The van der Waals surface area contributed by atoms with Gasteiger partial charge in [-0.1, -0.05) is 45.1 Å². The van der Waals surface area contributed by atoms with E-state index in [0.717, 1.165) is 34.3 Å². The second-order valence-corrected chi connectivity index (χ2v) is 11.3. The molecule has 0 aliphatic heterocycles. The summed E-state index contributed by atoms with van der Waals surface area (Å²) in [6.07, 6.45) is 6.53. The van der Waals surface area contributed by atoms with Gasteiger partial charge < -0.3 is 9.64 Å². The molecule has 0 saturated heterocycles. The van der Waals surface area contributed by atoms with Crippen molar-refractivity contribution in [3.63, 3.8) is 0 Å². The summed E-state index contributed by atoms with van der Waals surface area (Å²) in [7, 11) is 1.93. The number of aromatic nitrogens is 2. The molecule has 0 saturated carbocycles. The first-order valence-corrected chi connectivity index (χ1v) is 12.9. The van der Waals surface area contributed by atoms with Gasteiger partial charge in [-0.25, -0.2) is 13.4 Å². The van der Waals surface area contributed by atoms with Crippen molar-refractivity contribution in [2.45, 2.75) is 26.2 Å². The molecule has 1 heterocycles. The molecule has 9 heteroatoms. The first kappa shape index (κ1) is 26.0. The van der Waals surface area contributed by atoms with E-state index < -0.39 is 10.0 Å². The Labute approximate surface area is 206 Å². The number of anilines is 2. The lowest BCUT2D eigenvalue weighted by Crippen LogP contribution is -2.20. The molecule has 0 aliphatic rings. The fourth-order valence-electron chi connectivity index (χ4n) is 3.60. The van der Waals surface area contributed by atoms with E-state index in [1.165, 1.54) is 0 Å². The molecule has 0 amide bonds. The Morgan fingerprint density at radius 2 is 1.74 bits per heavy atom. The average Bonchev–Trinajstić information content (AvgIpc) is 2.76. The number of hydrogen-bond donors (Lipinski definition) is 2. The van der Waals surface area contributed by atoms with Crippen molar-refractivity contribution in [1.29, 1.82) is 0 Å².